The van der Waals surface area contributed by atoms with E-state index in [9.17, 15) is 4.79 Å². The van der Waals surface area contributed by atoms with Gasteiger partial charge in [0, 0.05) is 31.2 Å². The number of hydrogen-bond acceptors (Lipinski definition) is 3. The first-order chi connectivity index (χ1) is 12.3. The first-order valence-corrected chi connectivity index (χ1v) is 8.97. The van der Waals surface area contributed by atoms with Crippen molar-refractivity contribution in [3.05, 3.63) is 60.2 Å². The molecule has 1 aliphatic rings. The summed E-state index contributed by atoms with van der Waals surface area (Å²) in [5.41, 5.74) is 2.35. The van der Waals surface area contributed by atoms with Crippen LogP contribution in [0, 0.1) is 0 Å². The fourth-order valence-electron chi connectivity index (χ4n) is 3.38. The van der Waals surface area contributed by atoms with E-state index in [0.717, 1.165) is 37.2 Å². The molecule has 0 atom stereocenters. The highest BCUT2D eigenvalue weighted by Crippen LogP contribution is 2.20. The summed E-state index contributed by atoms with van der Waals surface area (Å²) >= 11 is 0. The number of ether oxygens (including phenoxy) is 1. The molecule has 4 nitrogen and oxygen atoms in total. The number of rotatable bonds is 6. The average molecular weight is 338 g/mol. The topological polar surface area (TPSA) is 41.6 Å². The Hall–Kier alpha value is -2.49. The van der Waals surface area contributed by atoms with Gasteiger partial charge in [-0.15, -0.1) is 0 Å². The number of benzene rings is 2. The minimum Gasteiger partial charge on any atom is -0.496 e. The molecule has 1 fully saturated rings. The number of aryl methyl sites for hydroxylation is 1. The van der Waals surface area contributed by atoms with Crippen molar-refractivity contribution in [1.29, 1.82) is 0 Å². The van der Waals surface area contributed by atoms with E-state index in [2.05, 4.69) is 34.5 Å². The number of anilines is 1. The van der Waals surface area contributed by atoms with Crippen molar-refractivity contribution in [2.75, 3.05) is 25.1 Å². The molecule has 132 valence electrons. The lowest BCUT2D eigenvalue weighted by atomic mass is 10.0. The lowest BCUT2D eigenvalue weighted by Crippen LogP contribution is -2.44. The van der Waals surface area contributed by atoms with Gasteiger partial charge in [-0.25, -0.2) is 0 Å². The molecule has 0 radical (unpaired) electrons. The molecule has 1 N–H and O–H groups in total. The van der Waals surface area contributed by atoms with Crippen molar-refractivity contribution < 1.29 is 9.53 Å². The van der Waals surface area contributed by atoms with Gasteiger partial charge in [0.05, 0.1) is 7.11 Å². The second-order valence-electron chi connectivity index (χ2n) is 6.48. The molecule has 0 unspecified atom stereocenters. The molecule has 2 aromatic rings. The van der Waals surface area contributed by atoms with E-state index < -0.39 is 0 Å². The van der Waals surface area contributed by atoms with Crippen LogP contribution in [0.2, 0.25) is 0 Å². The van der Waals surface area contributed by atoms with Gasteiger partial charge < -0.3 is 15.0 Å². The first-order valence-electron chi connectivity index (χ1n) is 8.97. The van der Waals surface area contributed by atoms with Crippen molar-refractivity contribution in [2.24, 2.45) is 0 Å². The van der Waals surface area contributed by atoms with E-state index in [4.69, 9.17) is 4.74 Å². The SMILES string of the molecule is COc1ccccc1CCC(=O)NC1CCN(c2ccccc2)CC1. The van der Waals surface area contributed by atoms with E-state index in [1.807, 2.05) is 30.3 Å². The normalized spacial score (nSPS) is 15.0. The zero-order chi connectivity index (χ0) is 17.5. The lowest BCUT2D eigenvalue weighted by molar-refractivity contribution is -0.121. The second kappa shape index (κ2) is 8.56. The van der Waals surface area contributed by atoms with E-state index in [-0.39, 0.29) is 11.9 Å². The van der Waals surface area contributed by atoms with Crippen LogP contribution in [0.3, 0.4) is 0 Å². The van der Waals surface area contributed by atoms with Crippen LogP contribution in [-0.4, -0.2) is 32.1 Å². The molecule has 1 saturated heterocycles. The highest BCUT2D eigenvalue weighted by atomic mass is 16.5. The van der Waals surface area contributed by atoms with Gasteiger partial charge in [-0.1, -0.05) is 36.4 Å². The van der Waals surface area contributed by atoms with Crippen LogP contribution < -0.4 is 15.0 Å². The molecule has 4 heteroatoms. The minimum absolute atomic E-state index is 0.129. The molecule has 0 spiro atoms. The molecule has 1 amide bonds. The molecule has 1 aliphatic heterocycles. The van der Waals surface area contributed by atoms with Gasteiger partial charge in [-0.2, -0.15) is 0 Å². The molecular formula is C21H26N2O2. The number of nitrogens with one attached hydrogen (secondary N) is 1. The summed E-state index contributed by atoms with van der Waals surface area (Å²) in [6, 6.07) is 18.6. The maximum Gasteiger partial charge on any atom is 0.220 e. The number of nitrogens with zero attached hydrogens (tertiary/aromatic N) is 1. The third-order valence-corrected chi connectivity index (χ3v) is 4.80. The number of carbonyl (C=O) groups is 1. The van der Waals surface area contributed by atoms with Gasteiger partial charge in [-0.05, 0) is 43.0 Å². The Morgan fingerprint density at radius 1 is 1.08 bits per heavy atom. The van der Waals surface area contributed by atoms with Crippen LogP contribution in [0.25, 0.3) is 0 Å². The molecule has 0 aromatic heterocycles. The highest BCUT2D eigenvalue weighted by molar-refractivity contribution is 5.76. The zero-order valence-corrected chi connectivity index (χ0v) is 14.8. The van der Waals surface area contributed by atoms with E-state index >= 15 is 0 Å². The van der Waals surface area contributed by atoms with E-state index in [0.29, 0.717) is 12.8 Å². The quantitative estimate of drug-likeness (QED) is 0.877. The van der Waals surface area contributed by atoms with Gasteiger partial charge in [-0.3, -0.25) is 4.79 Å². The second-order valence-corrected chi connectivity index (χ2v) is 6.48. The molecule has 0 aliphatic carbocycles. The smallest absolute Gasteiger partial charge is 0.220 e. The number of hydrogen-bond donors (Lipinski definition) is 1. The van der Waals surface area contributed by atoms with Gasteiger partial charge in [0.25, 0.3) is 0 Å². The summed E-state index contributed by atoms with van der Waals surface area (Å²) in [5.74, 6) is 0.982. The van der Waals surface area contributed by atoms with Crippen LogP contribution in [-0.2, 0) is 11.2 Å². The average Bonchev–Trinajstić information content (AvgIpc) is 2.68. The van der Waals surface area contributed by atoms with Gasteiger partial charge in [0.2, 0.25) is 5.91 Å². The molecular weight excluding hydrogens is 312 g/mol. The lowest BCUT2D eigenvalue weighted by Gasteiger charge is -2.34. The number of para-hydroxylation sites is 2. The van der Waals surface area contributed by atoms with Crippen LogP contribution in [0.4, 0.5) is 5.69 Å². The van der Waals surface area contributed by atoms with Crippen molar-refractivity contribution in [1.82, 2.24) is 5.32 Å². The van der Waals surface area contributed by atoms with E-state index in [1.54, 1.807) is 7.11 Å². The van der Waals surface area contributed by atoms with Gasteiger partial charge >= 0.3 is 0 Å². The Morgan fingerprint density at radius 2 is 1.76 bits per heavy atom. The number of amides is 1. The van der Waals surface area contributed by atoms with Crippen molar-refractivity contribution in [3.8, 4) is 5.75 Å². The summed E-state index contributed by atoms with van der Waals surface area (Å²) in [7, 11) is 1.67. The third kappa shape index (κ3) is 4.75. The summed E-state index contributed by atoms with van der Waals surface area (Å²) in [6.07, 6.45) is 3.20. The number of methoxy groups -OCH3 is 1. The van der Waals surface area contributed by atoms with Gasteiger partial charge in [0.1, 0.15) is 5.75 Å². The van der Waals surface area contributed by atoms with Gasteiger partial charge in [0.15, 0.2) is 0 Å². The number of carbonyl (C=O) groups excluding carboxylic acids is 1. The van der Waals surface area contributed by atoms with Crippen molar-refractivity contribution in [3.63, 3.8) is 0 Å². The monoisotopic (exact) mass is 338 g/mol. The maximum atomic E-state index is 12.3. The largest absolute Gasteiger partial charge is 0.496 e. The molecule has 0 bridgehead atoms. The van der Waals surface area contributed by atoms with Crippen LogP contribution >= 0.6 is 0 Å². The Bertz CT molecular complexity index is 679. The Kier molecular flexibility index (Phi) is 5.94. The highest BCUT2D eigenvalue weighted by Gasteiger charge is 2.20. The summed E-state index contributed by atoms with van der Waals surface area (Å²) in [6.45, 7) is 1.98. The Labute approximate surface area is 149 Å². The van der Waals surface area contributed by atoms with E-state index in [1.165, 1.54) is 5.69 Å². The van der Waals surface area contributed by atoms with Crippen LogP contribution in [0.1, 0.15) is 24.8 Å². The fourth-order valence-corrected chi connectivity index (χ4v) is 3.38. The minimum atomic E-state index is 0.129. The molecule has 1 heterocycles. The first kappa shape index (κ1) is 17.3. The third-order valence-electron chi connectivity index (χ3n) is 4.80. The summed E-state index contributed by atoms with van der Waals surface area (Å²) < 4.78 is 5.34. The predicted molar refractivity (Wildman–Crippen MR) is 101 cm³/mol. The van der Waals surface area contributed by atoms with Crippen molar-refractivity contribution in [2.45, 2.75) is 31.7 Å². The Balaban J connectivity index is 1.43. The summed E-state index contributed by atoms with van der Waals surface area (Å²) in [4.78, 5) is 14.7. The summed E-state index contributed by atoms with van der Waals surface area (Å²) in [5, 5.41) is 3.19. The maximum absolute atomic E-state index is 12.3. The number of piperidine rings is 1. The van der Waals surface area contributed by atoms with Crippen LogP contribution in [0.15, 0.2) is 54.6 Å². The molecule has 0 saturated carbocycles. The molecule has 3 rings (SSSR count). The van der Waals surface area contributed by atoms with Crippen LogP contribution in [0.5, 0.6) is 5.75 Å². The Morgan fingerprint density at radius 3 is 2.48 bits per heavy atom. The zero-order valence-electron chi connectivity index (χ0n) is 14.8. The predicted octanol–water partition coefficient (Wildman–Crippen LogP) is 3.41. The van der Waals surface area contributed by atoms with Crippen molar-refractivity contribution >= 4 is 11.6 Å². The molecule has 2 aromatic carbocycles. The fraction of sp³-hybridized carbons (Fsp3) is 0.381. The molecule has 25 heavy (non-hydrogen) atoms. The standard InChI is InChI=1S/C21H26N2O2/c1-25-20-10-6-5-7-17(20)11-12-21(24)22-18-13-15-23(16-14-18)19-8-3-2-4-9-19/h2-10,18H,11-16H2,1H3,(H,22,24).